The molecule has 0 radical (unpaired) electrons. The second kappa shape index (κ2) is 4.08. The zero-order valence-corrected chi connectivity index (χ0v) is 12.2. The maximum Gasteiger partial charge on any atom is 0.280 e. The molecule has 0 amide bonds. The highest BCUT2D eigenvalue weighted by Gasteiger charge is 2.71. The van der Waals surface area contributed by atoms with Crippen LogP contribution in [-0.4, -0.2) is 15.8 Å². The van der Waals surface area contributed by atoms with E-state index in [-0.39, 0.29) is 22.4 Å². The van der Waals surface area contributed by atoms with E-state index in [0.29, 0.717) is 5.02 Å². The van der Waals surface area contributed by atoms with Gasteiger partial charge >= 0.3 is 0 Å². The second-order valence-corrected chi connectivity index (χ2v) is 5.92. The molecule has 0 aromatic heterocycles. The van der Waals surface area contributed by atoms with Crippen LogP contribution in [0.1, 0.15) is 21.5 Å². The Hall–Kier alpha value is -2.48. The van der Waals surface area contributed by atoms with Gasteiger partial charge in [-0.2, -0.15) is 0 Å². The van der Waals surface area contributed by atoms with Gasteiger partial charge in [-0.25, -0.2) is 0 Å². The number of nitrogens with two attached hydrogens (primary N) is 1. The topological polar surface area (TPSA) is 116 Å². The molecule has 0 saturated carbocycles. The number of rotatable bonds is 1. The number of hydrogen-bond donors (Lipinski definition) is 2. The first-order chi connectivity index (χ1) is 10.8. The molecule has 2 atom stereocenters. The summed E-state index contributed by atoms with van der Waals surface area (Å²) < 4.78 is 5.51. The summed E-state index contributed by atoms with van der Waals surface area (Å²) >= 11 is 5.89. The smallest absolute Gasteiger partial charge is 0.280 e. The Labute approximate surface area is 134 Å². The van der Waals surface area contributed by atoms with Crippen LogP contribution >= 0.6 is 11.6 Å². The highest BCUT2D eigenvalue weighted by Crippen LogP contribution is 2.58. The van der Waals surface area contributed by atoms with Crippen molar-refractivity contribution in [3.05, 3.63) is 68.2 Å². The highest BCUT2D eigenvalue weighted by molar-refractivity contribution is 6.30. The van der Waals surface area contributed by atoms with Gasteiger partial charge in [0.2, 0.25) is 0 Å². The number of Topliss-reactive ketones (excluding diaryl/α,β-unsaturated/α-hetero) is 1. The SMILES string of the molecule is NC12C(=O)c3cccc([N+](=O)[O-])c3C1(O)Oc1cc(Cl)ccc12. The summed E-state index contributed by atoms with van der Waals surface area (Å²) in [6.07, 6.45) is 0. The quantitative estimate of drug-likeness (QED) is 0.608. The molecule has 0 fully saturated rings. The van der Waals surface area contributed by atoms with Crippen molar-refractivity contribution in [1.82, 2.24) is 0 Å². The molecule has 0 saturated heterocycles. The predicted octanol–water partition coefficient (Wildman–Crippen LogP) is 1.84. The van der Waals surface area contributed by atoms with Crippen LogP contribution in [0.15, 0.2) is 36.4 Å². The van der Waals surface area contributed by atoms with Gasteiger partial charge in [0.25, 0.3) is 11.5 Å². The zero-order chi connectivity index (χ0) is 16.6. The molecule has 3 N–H and O–H groups in total. The van der Waals surface area contributed by atoms with Gasteiger partial charge in [0.15, 0.2) is 11.3 Å². The first-order valence-corrected chi connectivity index (χ1v) is 7.01. The van der Waals surface area contributed by atoms with E-state index in [1.165, 1.54) is 36.4 Å². The van der Waals surface area contributed by atoms with Gasteiger partial charge in [0.1, 0.15) is 11.3 Å². The molecule has 8 heteroatoms. The van der Waals surface area contributed by atoms with Crippen molar-refractivity contribution in [3.63, 3.8) is 0 Å². The van der Waals surface area contributed by atoms with Crippen molar-refractivity contribution in [2.75, 3.05) is 0 Å². The molecule has 2 aliphatic rings. The number of nitrogens with zero attached hydrogens (tertiary/aromatic N) is 1. The van der Waals surface area contributed by atoms with Gasteiger partial charge in [-0.1, -0.05) is 29.8 Å². The Kier molecular flexibility index (Phi) is 2.51. The average Bonchev–Trinajstić information content (AvgIpc) is 2.83. The van der Waals surface area contributed by atoms with Crippen molar-refractivity contribution in [2.24, 2.45) is 5.73 Å². The van der Waals surface area contributed by atoms with E-state index in [0.717, 1.165) is 0 Å². The van der Waals surface area contributed by atoms with Crippen LogP contribution in [0.3, 0.4) is 0 Å². The van der Waals surface area contributed by atoms with Crippen LogP contribution < -0.4 is 10.5 Å². The fourth-order valence-electron chi connectivity index (χ4n) is 3.30. The summed E-state index contributed by atoms with van der Waals surface area (Å²) in [6.45, 7) is 0. The lowest BCUT2D eigenvalue weighted by atomic mass is 9.84. The molecule has 0 spiro atoms. The minimum atomic E-state index is -2.35. The maximum atomic E-state index is 12.8. The third-order valence-corrected chi connectivity index (χ3v) is 4.58. The summed E-state index contributed by atoms with van der Waals surface area (Å²) in [7, 11) is 0. The lowest BCUT2D eigenvalue weighted by Crippen LogP contribution is -2.55. The number of nitro groups is 1. The highest BCUT2D eigenvalue weighted by atomic mass is 35.5. The lowest BCUT2D eigenvalue weighted by molar-refractivity contribution is -0.388. The number of nitro benzene ring substituents is 1. The lowest BCUT2D eigenvalue weighted by Gasteiger charge is -2.29. The Morgan fingerprint density at radius 3 is 2.74 bits per heavy atom. The van der Waals surface area contributed by atoms with E-state index in [1.54, 1.807) is 0 Å². The van der Waals surface area contributed by atoms with Crippen LogP contribution in [0.25, 0.3) is 0 Å². The van der Waals surface area contributed by atoms with Gasteiger partial charge in [-0.15, -0.1) is 0 Å². The van der Waals surface area contributed by atoms with Crippen LogP contribution in [0.5, 0.6) is 5.75 Å². The first-order valence-electron chi connectivity index (χ1n) is 6.63. The van der Waals surface area contributed by atoms with E-state index in [1.807, 2.05) is 0 Å². The van der Waals surface area contributed by atoms with Crippen molar-refractivity contribution >= 4 is 23.1 Å². The minimum Gasteiger partial charge on any atom is -0.454 e. The number of ether oxygens (including phenoxy) is 1. The second-order valence-electron chi connectivity index (χ2n) is 5.48. The zero-order valence-electron chi connectivity index (χ0n) is 11.4. The van der Waals surface area contributed by atoms with Gasteiger partial charge in [0.05, 0.1) is 4.92 Å². The predicted molar refractivity (Wildman–Crippen MR) is 79.3 cm³/mol. The number of carbonyl (C=O) groups excluding carboxylic acids is 1. The number of fused-ring (bicyclic) bond motifs is 5. The Balaban J connectivity index is 2.07. The third kappa shape index (κ3) is 1.44. The molecule has 1 aliphatic heterocycles. The molecular weight excluding hydrogens is 324 g/mol. The number of halogens is 1. The van der Waals surface area contributed by atoms with Crippen molar-refractivity contribution in [2.45, 2.75) is 11.3 Å². The molecule has 1 aliphatic carbocycles. The van der Waals surface area contributed by atoms with Crippen LogP contribution in [-0.2, 0) is 11.3 Å². The standard InChI is InChI=1S/C15H9ClN2O5/c16-7-4-5-9-11(6-7)23-15(20)12-8(13(19)14(9,15)17)2-1-3-10(12)18(21)22/h1-6,20H,17H2. The van der Waals surface area contributed by atoms with Gasteiger partial charge in [-0.3, -0.25) is 14.9 Å². The van der Waals surface area contributed by atoms with Crippen LogP contribution in [0.4, 0.5) is 5.69 Å². The average molecular weight is 333 g/mol. The number of benzene rings is 2. The summed E-state index contributed by atoms with van der Waals surface area (Å²) in [6, 6.07) is 8.33. The van der Waals surface area contributed by atoms with Gasteiger partial charge in [0, 0.05) is 22.2 Å². The van der Waals surface area contributed by atoms with Gasteiger partial charge in [-0.05, 0) is 12.1 Å². The molecule has 1 heterocycles. The van der Waals surface area contributed by atoms with Crippen molar-refractivity contribution in [3.8, 4) is 5.75 Å². The molecule has 0 bridgehead atoms. The maximum absolute atomic E-state index is 12.8. The Bertz CT molecular complexity index is 915. The summed E-state index contributed by atoms with van der Waals surface area (Å²) in [4.78, 5) is 23.4. The fourth-order valence-corrected chi connectivity index (χ4v) is 3.47. The summed E-state index contributed by atoms with van der Waals surface area (Å²) in [5, 5.41) is 22.7. The Morgan fingerprint density at radius 2 is 2.04 bits per heavy atom. The molecule has 4 rings (SSSR count). The van der Waals surface area contributed by atoms with E-state index in [2.05, 4.69) is 0 Å². The molecule has 2 aromatic carbocycles. The summed E-state index contributed by atoms with van der Waals surface area (Å²) in [5.74, 6) is -2.87. The molecular formula is C15H9ClN2O5. The van der Waals surface area contributed by atoms with E-state index < -0.39 is 27.7 Å². The van der Waals surface area contributed by atoms with E-state index in [4.69, 9.17) is 22.1 Å². The van der Waals surface area contributed by atoms with E-state index >= 15 is 0 Å². The van der Waals surface area contributed by atoms with Crippen LogP contribution in [0.2, 0.25) is 5.02 Å². The van der Waals surface area contributed by atoms with Crippen molar-refractivity contribution in [1.29, 1.82) is 0 Å². The molecule has 116 valence electrons. The molecule has 7 nitrogen and oxygen atoms in total. The van der Waals surface area contributed by atoms with Gasteiger partial charge < -0.3 is 15.6 Å². The molecule has 2 unspecified atom stereocenters. The fraction of sp³-hybridized carbons (Fsp3) is 0.133. The number of hydrogen-bond acceptors (Lipinski definition) is 6. The molecule has 2 aromatic rings. The minimum absolute atomic E-state index is 0.0233. The Morgan fingerprint density at radius 1 is 1.30 bits per heavy atom. The first kappa shape index (κ1) is 14.1. The number of aliphatic hydroxyl groups is 1. The monoisotopic (exact) mass is 332 g/mol. The largest absolute Gasteiger partial charge is 0.454 e. The van der Waals surface area contributed by atoms with Crippen LogP contribution in [0, 0.1) is 10.1 Å². The number of ketones is 1. The normalized spacial score (nSPS) is 27.2. The van der Waals surface area contributed by atoms with Crippen molar-refractivity contribution < 1.29 is 19.6 Å². The molecule has 23 heavy (non-hydrogen) atoms. The summed E-state index contributed by atoms with van der Waals surface area (Å²) in [5.41, 5.74) is 3.83. The van der Waals surface area contributed by atoms with E-state index in [9.17, 15) is 20.0 Å². The number of carbonyl (C=O) groups is 1. The third-order valence-electron chi connectivity index (χ3n) is 4.34.